The van der Waals surface area contributed by atoms with Gasteiger partial charge in [-0.3, -0.25) is 0 Å². The molecule has 2 heteroatoms. The highest BCUT2D eigenvalue weighted by Crippen LogP contribution is 2.22. The number of benzene rings is 1. The largest absolute Gasteiger partial charge is 0.317 e. The molecule has 16 heavy (non-hydrogen) atoms. The average molecular weight is 240 g/mol. The molecule has 0 heterocycles. The monoisotopic (exact) mass is 239 g/mol. The van der Waals surface area contributed by atoms with Gasteiger partial charge in [-0.15, -0.1) is 0 Å². The summed E-state index contributed by atoms with van der Waals surface area (Å²) in [7, 11) is 2.01. The summed E-state index contributed by atoms with van der Waals surface area (Å²) >= 11 is 6.23. The van der Waals surface area contributed by atoms with Crippen molar-refractivity contribution in [3.63, 3.8) is 0 Å². The Hall–Kier alpha value is -0.530. The third-order valence-corrected chi connectivity index (χ3v) is 3.38. The van der Waals surface area contributed by atoms with E-state index in [0.717, 1.165) is 11.4 Å². The van der Waals surface area contributed by atoms with Gasteiger partial charge >= 0.3 is 0 Å². The average Bonchev–Trinajstić information content (AvgIpc) is 2.22. The van der Waals surface area contributed by atoms with Crippen LogP contribution in [0.2, 0.25) is 5.02 Å². The summed E-state index contributed by atoms with van der Waals surface area (Å²) in [6, 6.07) is 6.90. The van der Waals surface area contributed by atoms with Gasteiger partial charge in [0.2, 0.25) is 0 Å². The minimum atomic E-state index is 0.569. The highest BCUT2D eigenvalue weighted by molar-refractivity contribution is 6.31. The smallest absolute Gasteiger partial charge is 0.0440 e. The number of halogens is 1. The van der Waals surface area contributed by atoms with Gasteiger partial charge in [0.1, 0.15) is 0 Å². The Bertz CT molecular complexity index is 336. The highest BCUT2D eigenvalue weighted by Gasteiger charge is 2.10. The van der Waals surface area contributed by atoms with Gasteiger partial charge in [0, 0.05) is 11.1 Å². The zero-order valence-electron chi connectivity index (χ0n) is 10.7. The molecule has 0 spiro atoms. The lowest BCUT2D eigenvalue weighted by atomic mass is 9.94. The summed E-state index contributed by atoms with van der Waals surface area (Å²) in [5.74, 6) is 0.655. The van der Waals surface area contributed by atoms with Gasteiger partial charge < -0.3 is 5.32 Å². The van der Waals surface area contributed by atoms with Crippen molar-refractivity contribution in [2.45, 2.75) is 39.7 Å². The molecule has 0 aliphatic carbocycles. The van der Waals surface area contributed by atoms with Crippen LogP contribution in [0.3, 0.4) is 0 Å². The normalized spacial score (nSPS) is 14.8. The number of hydrogen-bond acceptors (Lipinski definition) is 1. The second-order valence-electron chi connectivity index (χ2n) is 4.83. The standard InChI is InChI=1S/C14H22ClN/c1-10-5-6-13(14(15)9-10)8-11(2)7-12(3)16-4/h5-6,9,11-12,16H,7-8H2,1-4H3. The lowest BCUT2D eigenvalue weighted by molar-refractivity contribution is 0.440. The first-order chi connectivity index (χ1) is 7.52. The molecule has 1 N–H and O–H groups in total. The summed E-state index contributed by atoms with van der Waals surface area (Å²) in [4.78, 5) is 0. The fourth-order valence-corrected chi connectivity index (χ4v) is 2.31. The minimum absolute atomic E-state index is 0.569. The van der Waals surface area contributed by atoms with E-state index in [9.17, 15) is 0 Å². The maximum absolute atomic E-state index is 6.23. The molecule has 0 aliphatic heterocycles. The van der Waals surface area contributed by atoms with Crippen LogP contribution in [0.5, 0.6) is 0 Å². The molecule has 0 aromatic heterocycles. The Morgan fingerprint density at radius 2 is 2.00 bits per heavy atom. The van der Waals surface area contributed by atoms with Crippen LogP contribution in [0.1, 0.15) is 31.4 Å². The first kappa shape index (κ1) is 13.5. The SMILES string of the molecule is CNC(C)CC(C)Cc1ccc(C)cc1Cl. The van der Waals surface area contributed by atoms with Crippen LogP contribution in [-0.2, 0) is 6.42 Å². The van der Waals surface area contributed by atoms with E-state index in [-0.39, 0.29) is 0 Å². The molecule has 1 aromatic rings. The molecule has 1 nitrogen and oxygen atoms in total. The Morgan fingerprint density at radius 1 is 1.31 bits per heavy atom. The Balaban J connectivity index is 2.59. The van der Waals surface area contributed by atoms with E-state index in [2.05, 4.69) is 38.2 Å². The van der Waals surface area contributed by atoms with Gasteiger partial charge in [0.15, 0.2) is 0 Å². The third-order valence-electron chi connectivity index (χ3n) is 3.03. The molecule has 2 atom stereocenters. The maximum Gasteiger partial charge on any atom is 0.0440 e. The fourth-order valence-electron chi connectivity index (χ4n) is 2.00. The quantitative estimate of drug-likeness (QED) is 0.824. The van der Waals surface area contributed by atoms with Crippen molar-refractivity contribution in [2.24, 2.45) is 5.92 Å². The van der Waals surface area contributed by atoms with Crippen LogP contribution in [0.4, 0.5) is 0 Å². The second kappa shape index (κ2) is 6.27. The topological polar surface area (TPSA) is 12.0 Å². The summed E-state index contributed by atoms with van der Waals surface area (Å²) in [5, 5.41) is 4.18. The molecule has 0 saturated heterocycles. The minimum Gasteiger partial charge on any atom is -0.317 e. The second-order valence-corrected chi connectivity index (χ2v) is 5.24. The lowest BCUT2D eigenvalue weighted by Gasteiger charge is -2.17. The van der Waals surface area contributed by atoms with E-state index >= 15 is 0 Å². The van der Waals surface area contributed by atoms with E-state index in [1.807, 2.05) is 13.1 Å². The van der Waals surface area contributed by atoms with Gasteiger partial charge in [-0.1, -0.05) is 30.7 Å². The molecule has 0 aliphatic rings. The van der Waals surface area contributed by atoms with Gasteiger partial charge in [-0.25, -0.2) is 0 Å². The molecule has 0 amide bonds. The van der Waals surface area contributed by atoms with E-state index in [1.165, 1.54) is 17.5 Å². The highest BCUT2D eigenvalue weighted by atomic mass is 35.5. The van der Waals surface area contributed by atoms with Crippen LogP contribution in [0.25, 0.3) is 0 Å². The molecule has 90 valence electrons. The molecular formula is C14H22ClN. The fraction of sp³-hybridized carbons (Fsp3) is 0.571. The van der Waals surface area contributed by atoms with Gasteiger partial charge in [-0.2, -0.15) is 0 Å². The van der Waals surface area contributed by atoms with E-state index in [0.29, 0.717) is 12.0 Å². The summed E-state index contributed by atoms with van der Waals surface area (Å²) < 4.78 is 0. The Kier molecular flexibility index (Phi) is 5.30. The predicted molar refractivity (Wildman–Crippen MR) is 72.2 cm³/mol. The Morgan fingerprint density at radius 3 is 2.56 bits per heavy atom. The van der Waals surface area contributed by atoms with Crippen LogP contribution in [0.15, 0.2) is 18.2 Å². The van der Waals surface area contributed by atoms with Crippen molar-refractivity contribution in [2.75, 3.05) is 7.05 Å². The van der Waals surface area contributed by atoms with Crippen LogP contribution in [0, 0.1) is 12.8 Å². The molecule has 0 radical (unpaired) electrons. The number of rotatable bonds is 5. The molecule has 1 aromatic carbocycles. The van der Waals surface area contributed by atoms with E-state index in [1.54, 1.807) is 0 Å². The molecule has 2 unspecified atom stereocenters. The van der Waals surface area contributed by atoms with Crippen molar-refractivity contribution >= 4 is 11.6 Å². The third kappa shape index (κ3) is 4.15. The van der Waals surface area contributed by atoms with Crippen molar-refractivity contribution in [1.29, 1.82) is 0 Å². The number of hydrogen-bond donors (Lipinski definition) is 1. The van der Waals surface area contributed by atoms with Crippen molar-refractivity contribution in [3.05, 3.63) is 34.3 Å². The van der Waals surface area contributed by atoms with Gasteiger partial charge in [-0.05, 0) is 56.8 Å². The molecule has 0 bridgehead atoms. The lowest BCUT2D eigenvalue weighted by Crippen LogP contribution is -2.24. The first-order valence-electron chi connectivity index (χ1n) is 5.95. The van der Waals surface area contributed by atoms with Crippen LogP contribution >= 0.6 is 11.6 Å². The summed E-state index contributed by atoms with van der Waals surface area (Å²) in [6.07, 6.45) is 2.24. The van der Waals surface area contributed by atoms with E-state index in [4.69, 9.17) is 11.6 Å². The van der Waals surface area contributed by atoms with Crippen LogP contribution < -0.4 is 5.32 Å². The van der Waals surface area contributed by atoms with Gasteiger partial charge in [0.25, 0.3) is 0 Å². The van der Waals surface area contributed by atoms with Crippen molar-refractivity contribution in [3.8, 4) is 0 Å². The van der Waals surface area contributed by atoms with Crippen molar-refractivity contribution < 1.29 is 0 Å². The molecule has 0 fully saturated rings. The number of aryl methyl sites for hydroxylation is 1. The van der Waals surface area contributed by atoms with Crippen LogP contribution in [-0.4, -0.2) is 13.1 Å². The zero-order valence-corrected chi connectivity index (χ0v) is 11.4. The zero-order chi connectivity index (χ0) is 12.1. The first-order valence-corrected chi connectivity index (χ1v) is 6.33. The molecule has 0 saturated carbocycles. The van der Waals surface area contributed by atoms with Gasteiger partial charge in [0.05, 0.1) is 0 Å². The molecule has 1 rings (SSSR count). The van der Waals surface area contributed by atoms with Crippen molar-refractivity contribution in [1.82, 2.24) is 5.32 Å². The maximum atomic E-state index is 6.23. The predicted octanol–water partition coefficient (Wildman–Crippen LogP) is 3.83. The Labute approximate surface area is 104 Å². The summed E-state index contributed by atoms with van der Waals surface area (Å²) in [6.45, 7) is 6.57. The van der Waals surface area contributed by atoms with E-state index < -0.39 is 0 Å². The molecular weight excluding hydrogens is 218 g/mol. The summed E-state index contributed by atoms with van der Waals surface area (Å²) in [5.41, 5.74) is 2.49. The number of nitrogens with one attached hydrogen (secondary N) is 1.